The van der Waals surface area contributed by atoms with Crippen LogP contribution in [0.4, 0.5) is 13.2 Å². The van der Waals surface area contributed by atoms with E-state index in [0.29, 0.717) is 34.3 Å². The van der Waals surface area contributed by atoms with Crippen LogP contribution in [0.5, 0.6) is 0 Å². The average molecular weight is 784 g/mol. The lowest BCUT2D eigenvalue weighted by Crippen LogP contribution is -2.08. The van der Waals surface area contributed by atoms with Crippen LogP contribution >= 0.6 is 0 Å². The molecule has 0 atom stereocenters. The predicted molar refractivity (Wildman–Crippen MR) is 235 cm³/mol. The molecule has 0 fully saturated rings. The maximum atomic E-state index is 15.0. The van der Waals surface area contributed by atoms with Crippen LogP contribution in [0.15, 0.2) is 194 Å². The summed E-state index contributed by atoms with van der Waals surface area (Å²) in [6.07, 6.45) is -4.62. The summed E-state index contributed by atoms with van der Waals surface area (Å²) in [5.74, 6) is 1.27. The number of halogens is 3. The van der Waals surface area contributed by atoms with Crippen molar-refractivity contribution in [2.75, 3.05) is 0 Å². The normalized spacial score (nSPS) is 11.9. The van der Waals surface area contributed by atoms with Crippen LogP contribution in [0.3, 0.4) is 0 Å². The number of alkyl halides is 3. The van der Waals surface area contributed by atoms with Gasteiger partial charge in [0.15, 0.2) is 17.5 Å². The molecule has 0 saturated carbocycles. The van der Waals surface area contributed by atoms with Crippen LogP contribution < -0.4 is 0 Å². The molecule has 286 valence electrons. The Morgan fingerprint density at radius 1 is 0.367 bits per heavy atom. The summed E-state index contributed by atoms with van der Waals surface area (Å²) in [7, 11) is 0. The molecule has 0 aliphatic carbocycles. The Balaban J connectivity index is 1.22. The second-order valence-corrected chi connectivity index (χ2v) is 14.7. The SMILES string of the molecule is FC(F)(F)c1ccccc1-c1cc(-c2nc(-c3ccccc3)nc(-c3ccccc3)n2)ccc1-n1c2ccccc2c2c3c4ccccc4n(-c4ccccc4)c3ccc21. The van der Waals surface area contributed by atoms with E-state index < -0.39 is 11.7 Å². The third-order valence-corrected chi connectivity index (χ3v) is 11.2. The van der Waals surface area contributed by atoms with E-state index in [1.54, 1.807) is 18.2 Å². The van der Waals surface area contributed by atoms with E-state index in [9.17, 15) is 0 Å². The zero-order valence-corrected chi connectivity index (χ0v) is 31.8. The van der Waals surface area contributed by atoms with E-state index in [1.807, 2.05) is 121 Å². The summed E-state index contributed by atoms with van der Waals surface area (Å²) in [4.78, 5) is 14.7. The molecule has 0 unspecified atom stereocenters. The largest absolute Gasteiger partial charge is 0.417 e. The zero-order valence-electron chi connectivity index (χ0n) is 31.8. The minimum Gasteiger partial charge on any atom is -0.309 e. The van der Waals surface area contributed by atoms with Crippen LogP contribution in [0, 0.1) is 0 Å². The van der Waals surface area contributed by atoms with Gasteiger partial charge in [-0.1, -0.05) is 133 Å². The monoisotopic (exact) mass is 783 g/mol. The van der Waals surface area contributed by atoms with E-state index >= 15 is 13.2 Å². The van der Waals surface area contributed by atoms with Crippen molar-refractivity contribution in [2.45, 2.75) is 6.18 Å². The average Bonchev–Trinajstić information content (AvgIpc) is 3.82. The summed E-state index contributed by atoms with van der Waals surface area (Å²) in [5.41, 5.74) is 7.32. The highest BCUT2D eigenvalue weighted by molar-refractivity contribution is 6.29. The second-order valence-electron chi connectivity index (χ2n) is 14.7. The van der Waals surface area contributed by atoms with Crippen molar-refractivity contribution < 1.29 is 13.2 Å². The number of hydrogen-bond acceptors (Lipinski definition) is 3. The molecule has 8 aromatic carbocycles. The van der Waals surface area contributed by atoms with Gasteiger partial charge in [-0.05, 0) is 66.2 Å². The molecule has 60 heavy (non-hydrogen) atoms. The molecule has 11 rings (SSSR count). The highest BCUT2D eigenvalue weighted by atomic mass is 19.4. The molecule has 5 nitrogen and oxygen atoms in total. The Morgan fingerprint density at radius 2 is 0.833 bits per heavy atom. The third kappa shape index (κ3) is 5.75. The van der Waals surface area contributed by atoms with Crippen LogP contribution in [-0.4, -0.2) is 24.1 Å². The molecule has 8 heteroatoms. The van der Waals surface area contributed by atoms with Gasteiger partial charge in [0.25, 0.3) is 0 Å². The number of nitrogens with zero attached hydrogens (tertiary/aromatic N) is 5. The Bertz CT molecular complexity index is 3350. The van der Waals surface area contributed by atoms with Gasteiger partial charge in [-0.3, -0.25) is 0 Å². The standard InChI is InChI=1S/C52H32F3N5/c53-52(54,55)41-25-13-10-22-37(41)40-32-35(51-57-49(33-16-4-1-5-17-33)56-50(58-51)34-18-6-2-7-19-34)28-29-44(40)60-43-27-15-12-24-39(43)48-46(60)31-30-45-47(48)38-23-11-14-26-42(38)59(45)36-20-8-3-9-21-36/h1-32H. The van der Waals surface area contributed by atoms with Gasteiger partial charge >= 0.3 is 6.18 Å². The van der Waals surface area contributed by atoms with Crippen LogP contribution in [0.2, 0.25) is 0 Å². The van der Waals surface area contributed by atoms with E-state index in [-0.39, 0.29) is 5.56 Å². The Hall–Kier alpha value is -7.84. The van der Waals surface area contributed by atoms with Crippen LogP contribution in [-0.2, 0) is 6.18 Å². The maximum Gasteiger partial charge on any atom is 0.417 e. The van der Waals surface area contributed by atoms with Gasteiger partial charge in [0.05, 0.1) is 33.3 Å². The molecule has 0 radical (unpaired) electrons. The molecule has 11 aromatic rings. The molecule has 0 saturated heterocycles. The second kappa shape index (κ2) is 13.9. The van der Waals surface area contributed by atoms with Crippen molar-refractivity contribution in [2.24, 2.45) is 0 Å². The van der Waals surface area contributed by atoms with Crippen LogP contribution in [0.1, 0.15) is 5.56 Å². The third-order valence-electron chi connectivity index (χ3n) is 11.2. The maximum absolute atomic E-state index is 15.0. The van der Waals surface area contributed by atoms with Gasteiger partial charge in [0, 0.05) is 49.5 Å². The van der Waals surface area contributed by atoms with Gasteiger partial charge in [-0.2, -0.15) is 13.2 Å². The van der Waals surface area contributed by atoms with Gasteiger partial charge in [-0.25, -0.2) is 15.0 Å². The number of aromatic nitrogens is 5. The summed E-state index contributed by atoms with van der Waals surface area (Å²) < 4.78 is 49.5. The first kappa shape index (κ1) is 35.3. The summed E-state index contributed by atoms with van der Waals surface area (Å²) >= 11 is 0. The van der Waals surface area contributed by atoms with E-state index in [1.165, 1.54) is 6.07 Å². The minimum atomic E-state index is -4.62. The van der Waals surface area contributed by atoms with Crippen molar-refractivity contribution in [3.05, 3.63) is 200 Å². The first-order chi connectivity index (χ1) is 29.4. The van der Waals surface area contributed by atoms with Gasteiger partial charge in [0.2, 0.25) is 0 Å². The molecular formula is C52H32F3N5. The lowest BCUT2D eigenvalue weighted by molar-refractivity contribution is -0.137. The van der Waals surface area contributed by atoms with Crippen LogP contribution in [0.25, 0.3) is 100 Å². The fourth-order valence-electron chi connectivity index (χ4n) is 8.62. The molecule has 0 bridgehead atoms. The molecular weight excluding hydrogens is 752 g/mol. The van der Waals surface area contributed by atoms with Crippen molar-refractivity contribution >= 4 is 43.6 Å². The molecule has 0 spiro atoms. The van der Waals surface area contributed by atoms with Crippen molar-refractivity contribution in [1.82, 2.24) is 24.1 Å². The van der Waals surface area contributed by atoms with E-state index in [4.69, 9.17) is 15.0 Å². The number of rotatable bonds is 6. The zero-order chi connectivity index (χ0) is 40.4. The van der Waals surface area contributed by atoms with Gasteiger partial charge in [-0.15, -0.1) is 0 Å². The lowest BCUT2D eigenvalue weighted by Gasteiger charge is -2.19. The highest BCUT2D eigenvalue weighted by Gasteiger charge is 2.34. The number of fused-ring (bicyclic) bond motifs is 7. The van der Waals surface area contributed by atoms with Crippen molar-refractivity contribution in [3.8, 4) is 56.7 Å². The number of benzene rings is 8. The molecule has 3 heterocycles. The van der Waals surface area contributed by atoms with E-state index in [0.717, 1.165) is 66.5 Å². The number of hydrogen-bond donors (Lipinski definition) is 0. The predicted octanol–water partition coefficient (Wildman–Crippen LogP) is 13.8. The number of para-hydroxylation sites is 3. The quantitative estimate of drug-likeness (QED) is 0.169. The molecule has 0 aliphatic rings. The first-order valence-corrected chi connectivity index (χ1v) is 19.6. The molecule has 0 N–H and O–H groups in total. The Labute approximate surface area is 342 Å². The summed E-state index contributed by atoms with van der Waals surface area (Å²) in [6, 6.07) is 61.6. The molecule has 3 aromatic heterocycles. The van der Waals surface area contributed by atoms with Gasteiger partial charge < -0.3 is 9.13 Å². The van der Waals surface area contributed by atoms with E-state index in [2.05, 4.69) is 51.6 Å². The molecule has 0 aliphatic heterocycles. The van der Waals surface area contributed by atoms with Crippen molar-refractivity contribution in [3.63, 3.8) is 0 Å². The smallest absolute Gasteiger partial charge is 0.309 e. The first-order valence-electron chi connectivity index (χ1n) is 19.6. The topological polar surface area (TPSA) is 48.5 Å². The van der Waals surface area contributed by atoms with Crippen molar-refractivity contribution in [1.29, 1.82) is 0 Å². The lowest BCUT2D eigenvalue weighted by atomic mass is 9.95. The summed E-state index contributed by atoms with van der Waals surface area (Å²) in [5, 5.41) is 4.17. The summed E-state index contributed by atoms with van der Waals surface area (Å²) in [6.45, 7) is 0. The highest BCUT2D eigenvalue weighted by Crippen LogP contribution is 2.46. The Morgan fingerprint density at radius 3 is 1.42 bits per heavy atom. The molecule has 0 amide bonds. The minimum absolute atomic E-state index is 0.0511. The Kier molecular flexibility index (Phi) is 8.20. The fraction of sp³-hybridized carbons (Fsp3) is 0.0192. The van der Waals surface area contributed by atoms with Gasteiger partial charge in [0.1, 0.15) is 0 Å². The fourth-order valence-corrected chi connectivity index (χ4v) is 8.62.